The van der Waals surface area contributed by atoms with Gasteiger partial charge in [-0.05, 0) is 18.2 Å². The third-order valence-corrected chi connectivity index (χ3v) is 3.81. The Labute approximate surface area is 166 Å². The van der Waals surface area contributed by atoms with Crippen LogP contribution in [0.4, 0.5) is 4.39 Å². The molecule has 0 aliphatic heterocycles. The van der Waals surface area contributed by atoms with Crippen LogP contribution in [0.5, 0.6) is 11.5 Å². The van der Waals surface area contributed by atoms with Crippen LogP contribution >= 0.6 is 0 Å². The van der Waals surface area contributed by atoms with E-state index in [1.807, 2.05) is 0 Å². The number of nitrogens with one attached hydrogen (secondary N) is 2. The molecule has 0 spiro atoms. The predicted molar refractivity (Wildman–Crippen MR) is 101 cm³/mol. The highest BCUT2D eigenvalue weighted by Crippen LogP contribution is 2.22. The Morgan fingerprint density at radius 3 is 2.24 bits per heavy atom. The van der Waals surface area contributed by atoms with Gasteiger partial charge < -0.3 is 24.8 Å². The predicted octanol–water partition coefficient (Wildman–Crippen LogP) is 1.43. The van der Waals surface area contributed by atoms with Gasteiger partial charge in [-0.3, -0.25) is 14.4 Å². The topological polar surface area (TPSA) is 103 Å². The van der Waals surface area contributed by atoms with Gasteiger partial charge in [0.15, 0.2) is 6.61 Å². The molecule has 9 heteroatoms. The molecule has 2 aromatic rings. The van der Waals surface area contributed by atoms with Crippen molar-refractivity contribution >= 4 is 17.8 Å². The molecule has 0 saturated carbocycles. The van der Waals surface area contributed by atoms with E-state index in [4.69, 9.17) is 14.2 Å². The number of carbonyl (C=O) groups excluding carboxylic acids is 3. The first kappa shape index (κ1) is 21.7. The maximum atomic E-state index is 13.5. The smallest absolute Gasteiger partial charge is 0.325 e. The van der Waals surface area contributed by atoms with Crippen molar-refractivity contribution in [2.45, 2.75) is 6.54 Å². The molecule has 0 unspecified atom stereocenters. The SMILES string of the molecule is COc1cc(OC)cc(C(=O)NCC(=O)OCC(=O)NCc2ccccc2F)c1. The molecule has 0 aromatic heterocycles. The number of carbonyl (C=O) groups is 3. The fraction of sp³-hybridized carbons (Fsp3) is 0.250. The quantitative estimate of drug-likeness (QED) is 0.613. The van der Waals surface area contributed by atoms with Crippen LogP contribution in [0, 0.1) is 5.82 Å². The van der Waals surface area contributed by atoms with Crippen LogP contribution in [0.25, 0.3) is 0 Å². The van der Waals surface area contributed by atoms with Crippen LogP contribution in [0.15, 0.2) is 42.5 Å². The molecule has 0 saturated heterocycles. The number of esters is 1. The molecule has 8 nitrogen and oxygen atoms in total. The molecule has 0 radical (unpaired) electrons. The van der Waals surface area contributed by atoms with E-state index in [2.05, 4.69) is 10.6 Å². The molecule has 29 heavy (non-hydrogen) atoms. The zero-order chi connectivity index (χ0) is 21.2. The molecule has 0 bridgehead atoms. The van der Waals surface area contributed by atoms with E-state index in [1.165, 1.54) is 38.5 Å². The number of rotatable bonds is 9. The van der Waals surface area contributed by atoms with Crippen molar-refractivity contribution in [1.29, 1.82) is 0 Å². The van der Waals surface area contributed by atoms with Gasteiger partial charge in [-0.2, -0.15) is 0 Å². The van der Waals surface area contributed by atoms with Crippen LogP contribution in [0.3, 0.4) is 0 Å². The van der Waals surface area contributed by atoms with Gasteiger partial charge in [0.1, 0.15) is 23.9 Å². The highest BCUT2D eigenvalue weighted by Gasteiger charge is 2.13. The largest absolute Gasteiger partial charge is 0.497 e. The third-order valence-electron chi connectivity index (χ3n) is 3.81. The fourth-order valence-electron chi connectivity index (χ4n) is 2.28. The Hall–Kier alpha value is -3.62. The summed E-state index contributed by atoms with van der Waals surface area (Å²) >= 11 is 0. The van der Waals surface area contributed by atoms with E-state index in [9.17, 15) is 18.8 Å². The molecule has 0 aliphatic carbocycles. The van der Waals surface area contributed by atoms with Crippen LogP contribution in [-0.4, -0.2) is 45.2 Å². The summed E-state index contributed by atoms with van der Waals surface area (Å²) in [5.74, 6) is -1.53. The first-order valence-electron chi connectivity index (χ1n) is 8.60. The Kier molecular flexibility index (Phi) is 7.96. The summed E-state index contributed by atoms with van der Waals surface area (Å²) in [6, 6.07) is 10.6. The van der Waals surface area contributed by atoms with Crippen molar-refractivity contribution in [3.8, 4) is 11.5 Å². The van der Waals surface area contributed by atoms with Crippen molar-refractivity contribution in [3.63, 3.8) is 0 Å². The van der Waals surface area contributed by atoms with Crippen LogP contribution < -0.4 is 20.1 Å². The molecule has 0 aliphatic rings. The van der Waals surface area contributed by atoms with Gasteiger partial charge in [0.05, 0.1) is 14.2 Å². The Balaban J connectivity index is 1.76. The standard InChI is InChI=1S/C20H21FN2O6/c1-27-15-7-14(8-16(9-15)28-2)20(26)23-11-19(25)29-12-18(24)22-10-13-5-3-4-6-17(13)21/h3-9H,10-12H2,1-2H3,(H,22,24)(H,23,26). The summed E-state index contributed by atoms with van der Waals surface area (Å²) < 4.78 is 28.4. The van der Waals surface area contributed by atoms with Gasteiger partial charge in [-0.25, -0.2) is 4.39 Å². The van der Waals surface area contributed by atoms with E-state index < -0.39 is 36.8 Å². The normalized spacial score (nSPS) is 10.0. The number of hydrogen-bond donors (Lipinski definition) is 2. The second kappa shape index (κ2) is 10.6. The number of ether oxygens (including phenoxy) is 3. The molecule has 0 heterocycles. The monoisotopic (exact) mass is 404 g/mol. The van der Waals surface area contributed by atoms with Crippen LogP contribution in [0.1, 0.15) is 15.9 Å². The average Bonchev–Trinajstić information content (AvgIpc) is 2.74. The van der Waals surface area contributed by atoms with Crippen LogP contribution in [0.2, 0.25) is 0 Å². The van der Waals surface area contributed by atoms with E-state index in [1.54, 1.807) is 18.2 Å². The van der Waals surface area contributed by atoms with Crippen LogP contribution in [-0.2, 0) is 20.9 Å². The van der Waals surface area contributed by atoms with Gasteiger partial charge in [0.25, 0.3) is 11.8 Å². The second-order valence-electron chi connectivity index (χ2n) is 5.81. The number of benzene rings is 2. The lowest BCUT2D eigenvalue weighted by Gasteiger charge is -2.10. The van der Waals surface area contributed by atoms with Crippen molar-refractivity contribution in [2.75, 3.05) is 27.4 Å². The van der Waals surface area contributed by atoms with Crippen molar-refractivity contribution in [3.05, 3.63) is 59.4 Å². The first-order chi connectivity index (χ1) is 13.9. The number of methoxy groups -OCH3 is 2. The minimum absolute atomic E-state index is 0.0303. The van der Waals surface area contributed by atoms with Gasteiger partial charge in [0, 0.05) is 23.7 Å². The van der Waals surface area contributed by atoms with E-state index in [-0.39, 0.29) is 12.1 Å². The van der Waals surface area contributed by atoms with Gasteiger partial charge in [0.2, 0.25) is 0 Å². The molecule has 2 amide bonds. The first-order valence-corrected chi connectivity index (χ1v) is 8.60. The van der Waals surface area contributed by atoms with Gasteiger partial charge in [-0.1, -0.05) is 18.2 Å². The lowest BCUT2D eigenvalue weighted by Crippen LogP contribution is -2.33. The minimum Gasteiger partial charge on any atom is -0.497 e. The molecule has 154 valence electrons. The highest BCUT2D eigenvalue weighted by atomic mass is 19.1. The zero-order valence-electron chi connectivity index (χ0n) is 16.0. The summed E-state index contributed by atoms with van der Waals surface area (Å²) in [4.78, 5) is 35.6. The lowest BCUT2D eigenvalue weighted by atomic mass is 10.2. The fourth-order valence-corrected chi connectivity index (χ4v) is 2.28. The minimum atomic E-state index is -0.797. The lowest BCUT2D eigenvalue weighted by molar-refractivity contribution is -0.147. The van der Waals surface area contributed by atoms with Gasteiger partial charge in [-0.15, -0.1) is 0 Å². The molecule has 0 atom stereocenters. The zero-order valence-corrected chi connectivity index (χ0v) is 16.0. The maximum Gasteiger partial charge on any atom is 0.325 e. The average molecular weight is 404 g/mol. The van der Waals surface area contributed by atoms with E-state index >= 15 is 0 Å². The van der Waals surface area contributed by atoms with E-state index in [0.29, 0.717) is 17.1 Å². The van der Waals surface area contributed by atoms with E-state index in [0.717, 1.165) is 0 Å². The maximum absolute atomic E-state index is 13.5. The molecular formula is C20H21FN2O6. The summed E-state index contributed by atoms with van der Waals surface area (Å²) in [6.07, 6.45) is 0. The second-order valence-corrected chi connectivity index (χ2v) is 5.81. The Morgan fingerprint density at radius 1 is 0.966 bits per heavy atom. The summed E-state index contributed by atoms with van der Waals surface area (Å²) in [6.45, 7) is -1.01. The molecule has 0 fully saturated rings. The summed E-state index contributed by atoms with van der Waals surface area (Å²) in [5.41, 5.74) is 0.546. The highest BCUT2D eigenvalue weighted by molar-refractivity contribution is 5.96. The molecule has 2 rings (SSSR count). The van der Waals surface area contributed by atoms with Crippen molar-refractivity contribution in [2.24, 2.45) is 0 Å². The number of hydrogen-bond acceptors (Lipinski definition) is 6. The summed E-state index contributed by atoms with van der Waals surface area (Å²) in [7, 11) is 2.90. The van der Waals surface area contributed by atoms with Crippen molar-refractivity contribution in [1.82, 2.24) is 10.6 Å². The summed E-state index contributed by atoms with van der Waals surface area (Å²) in [5, 5.41) is 4.82. The molecule has 2 N–H and O–H groups in total. The number of amides is 2. The molecule has 2 aromatic carbocycles. The Morgan fingerprint density at radius 2 is 1.62 bits per heavy atom. The third kappa shape index (κ3) is 6.80. The van der Waals surface area contributed by atoms with Gasteiger partial charge >= 0.3 is 5.97 Å². The number of halogens is 1. The van der Waals surface area contributed by atoms with Crippen molar-refractivity contribution < 1.29 is 33.0 Å². The molecular weight excluding hydrogens is 383 g/mol. The Bertz CT molecular complexity index is 865.